The second kappa shape index (κ2) is 7.69. The molecule has 110 valence electrons. The number of rotatable bonds is 6. The predicted molar refractivity (Wildman–Crippen MR) is 80.3 cm³/mol. The summed E-state index contributed by atoms with van der Waals surface area (Å²) in [6.07, 6.45) is 0.502. The Morgan fingerprint density at radius 1 is 1.21 bits per heavy atom. The zero-order chi connectivity index (χ0) is 13.8. The Balaban J connectivity index is 0.00000324. The fourth-order valence-electron chi connectivity index (χ4n) is 1.45. The van der Waals surface area contributed by atoms with Gasteiger partial charge in [0.05, 0.1) is 12.4 Å². The van der Waals surface area contributed by atoms with Crippen LogP contribution in [0, 0.1) is 0 Å². The Hall–Kier alpha value is -0.820. The highest BCUT2D eigenvalue weighted by Gasteiger charge is 2.08. The van der Waals surface area contributed by atoms with Gasteiger partial charge in [0, 0.05) is 18.3 Å². The van der Waals surface area contributed by atoms with Crippen molar-refractivity contribution < 1.29 is 13.5 Å². The molecule has 0 aromatic heterocycles. The molecule has 0 aliphatic rings. The monoisotopic (exact) mass is 308 g/mol. The normalized spacial score (nSPS) is 12.9. The molecule has 3 N–H and O–H groups in total. The second-order valence-electron chi connectivity index (χ2n) is 4.57. The summed E-state index contributed by atoms with van der Waals surface area (Å²) >= 11 is 0. The summed E-state index contributed by atoms with van der Waals surface area (Å²) in [5.41, 5.74) is 1.24. The van der Waals surface area contributed by atoms with E-state index in [9.17, 15) is 13.5 Å². The van der Waals surface area contributed by atoms with Crippen molar-refractivity contribution in [3.8, 4) is 0 Å². The lowest BCUT2D eigenvalue weighted by Crippen LogP contribution is -2.27. The quantitative estimate of drug-likeness (QED) is 0.744. The van der Waals surface area contributed by atoms with Gasteiger partial charge in [-0.15, -0.1) is 12.4 Å². The Morgan fingerprint density at radius 3 is 2.16 bits per heavy atom. The molecule has 0 fully saturated rings. The average molecular weight is 309 g/mol. The summed E-state index contributed by atoms with van der Waals surface area (Å²) in [5, 5.41) is 13.0. The number of aliphatic hydroxyl groups excluding tert-OH is 1. The molecular weight excluding hydrogens is 288 g/mol. The van der Waals surface area contributed by atoms with E-state index in [1.807, 2.05) is 13.8 Å². The van der Waals surface area contributed by atoms with Crippen LogP contribution in [-0.4, -0.2) is 32.4 Å². The number of hydrogen-bond donors (Lipinski definition) is 3. The van der Waals surface area contributed by atoms with Crippen molar-refractivity contribution in [3.05, 3.63) is 29.8 Å². The summed E-state index contributed by atoms with van der Waals surface area (Å²) in [6, 6.07) is 7.00. The lowest BCUT2D eigenvalue weighted by molar-refractivity contribution is 0.171. The van der Waals surface area contributed by atoms with Crippen molar-refractivity contribution in [1.29, 1.82) is 0 Å². The predicted octanol–water partition coefficient (Wildman–Crippen LogP) is 1.51. The van der Waals surface area contributed by atoms with Crippen LogP contribution in [0.4, 0.5) is 5.69 Å². The number of anilines is 1. The molecule has 0 radical (unpaired) electrons. The smallest absolute Gasteiger partial charge is 0.229 e. The largest absolute Gasteiger partial charge is 0.387 e. The third-order valence-corrected chi connectivity index (χ3v) is 2.92. The number of sulfonamides is 1. The van der Waals surface area contributed by atoms with E-state index in [4.69, 9.17) is 0 Å². The van der Waals surface area contributed by atoms with Crippen molar-refractivity contribution in [2.75, 3.05) is 17.5 Å². The molecule has 1 rings (SSSR count). The van der Waals surface area contributed by atoms with E-state index in [0.717, 1.165) is 11.8 Å². The molecule has 0 aliphatic heterocycles. The van der Waals surface area contributed by atoms with Crippen LogP contribution in [0.5, 0.6) is 0 Å². The molecule has 0 saturated carbocycles. The SMILES string of the molecule is CC(C)NC[C@@H](O)c1ccc(NS(C)(=O)=O)cc1.Cl. The first-order valence-corrected chi connectivity index (χ1v) is 7.66. The van der Waals surface area contributed by atoms with E-state index in [0.29, 0.717) is 18.3 Å². The Morgan fingerprint density at radius 2 is 1.74 bits per heavy atom. The maximum Gasteiger partial charge on any atom is 0.229 e. The minimum Gasteiger partial charge on any atom is -0.387 e. The molecule has 0 amide bonds. The lowest BCUT2D eigenvalue weighted by atomic mass is 10.1. The summed E-state index contributed by atoms with van der Waals surface area (Å²) < 4.78 is 24.4. The molecule has 0 bridgehead atoms. The maximum atomic E-state index is 11.0. The molecule has 1 aromatic rings. The van der Waals surface area contributed by atoms with Crippen molar-refractivity contribution in [1.82, 2.24) is 5.32 Å². The molecule has 0 heterocycles. The van der Waals surface area contributed by atoms with E-state index in [-0.39, 0.29) is 12.4 Å². The van der Waals surface area contributed by atoms with Gasteiger partial charge in [0.15, 0.2) is 0 Å². The second-order valence-corrected chi connectivity index (χ2v) is 6.32. The molecule has 19 heavy (non-hydrogen) atoms. The summed E-state index contributed by atoms with van der Waals surface area (Å²) in [6.45, 7) is 4.48. The van der Waals surface area contributed by atoms with E-state index in [2.05, 4.69) is 10.0 Å². The highest BCUT2D eigenvalue weighted by molar-refractivity contribution is 7.92. The van der Waals surface area contributed by atoms with Crippen LogP contribution in [0.2, 0.25) is 0 Å². The molecule has 0 spiro atoms. The average Bonchev–Trinajstić information content (AvgIpc) is 2.24. The zero-order valence-corrected chi connectivity index (χ0v) is 12.9. The van der Waals surface area contributed by atoms with Crippen LogP contribution in [0.1, 0.15) is 25.5 Å². The van der Waals surface area contributed by atoms with E-state index < -0.39 is 16.1 Å². The van der Waals surface area contributed by atoms with Crippen molar-refractivity contribution >= 4 is 28.1 Å². The summed E-state index contributed by atoms with van der Waals surface area (Å²) in [4.78, 5) is 0. The van der Waals surface area contributed by atoms with Crippen molar-refractivity contribution in [2.45, 2.75) is 26.0 Å². The van der Waals surface area contributed by atoms with Crippen LogP contribution in [-0.2, 0) is 10.0 Å². The molecule has 7 heteroatoms. The van der Waals surface area contributed by atoms with Crippen LogP contribution >= 0.6 is 12.4 Å². The van der Waals surface area contributed by atoms with Gasteiger partial charge < -0.3 is 10.4 Å². The van der Waals surface area contributed by atoms with Crippen LogP contribution < -0.4 is 10.0 Å². The fraction of sp³-hybridized carbons (Fsp3) is 0.500. The number of nitrogens with one attached hydrogen (secondary N) is 2. The van der Waals surface area contributed by atoms with Gasteiger partial charge in [-0.2, -0.15) is 0 Å². The van der Waals surface area contributed by atoms with E-state index in [1.54, 1.807) is 24.3 Å². The van der Waals surface area contributed by atoms with Gasteiger partial charge in [-0.25, -0.2) is 8.42 Å². The summed E-state index contributed by atoms with van der Waals surface area (Å²) in [7, 11) is -3.26. The highest BCUT2D eigenvalue weighted by atomic mass is 35.5. The Kier molecular flexibility index (Phi) is 7.36. The molecule has 5 nitrogen and oxygen atoms in total. The fourth-order valence-corrected chi connectivity index (χ4v) is 2.02. The van der Waals surface area contributed by atoms with E-state index >= 15 is 0 Å². The Labute approximate surface area is 120 Å². The maximum absolute atomic E-state index is 11.0. The third kappa shape index (κ3) is 7.37. The molecule has 1 aromatic carbocycles. The molecule has 1 atom stereocenters. The van der Waals surface area contributed by atoms with Gasteiger partial charge in [-0.1, -0.05) is 26.0 Å². The lowest BCUT2D eigenvalue weighted by Gasteiger charge is -2.14. The minimum atomic E-state index is -3.26. The molecule has 0 unspecified atom stereocenters. The molecular formula is C12H21ClN2O3S. The first-order chi connectivity index (χ1) is 8.28. The number of hydrogen-bond acceptors (Lipinski definition) is 4. The van der Waals surface area contributed by atoms with Crippen LogP contribution in [0.15, 0.2) is 24.3 Å². The minimum absolute atomic E-state index is 0. The summed E-state index contributed by atoms with van der Waals surface area (Å²) in [5.74, 6) is 0. The van der Waals surface area contributed by atoms with Crippen LogP contribution in [0.25, 0.3) is 0 Å². The number of halogens is 1. The molecule has 0 aliphatic carbocycles. The zero-order valence-electron chi connectivity index (χ0n) is 11.3. The van der Waals surface area contributed by atoms with Gasteiger partial charge in [0.2, 0.25) is 10.0 Å². The first-order valence-electron chi connectivity index (χ1n) is 5.77. The van der Waals surface area contributed by atoms with Gasteiger partial charge in [0.1, 0.15) is 0 Å². The first kappa shape index (κ1) is 18.2. The van der Waals surface area contributed by atoms with Gasteiger partial charge in [0.25, 0.3) is 0 Å². The van der Waals surface area contributed by atoms with Crippen molar-refractivity contribution in [2.24, 2.45) is 0 Å². The van der Waals surface area contributed by atoms with Crippen LogP contribution in [0.3, 0.4) is 0 Å². The van der Waals surface area contributed by atoms with Crippen molar-refractivity contribution in [3.63, 3.8) is 0 Å². The van der Waals surface area contributed by atoms with E-state index in [1.165, 1.54) is 0 Å². The Bertz CT molecular complexity index is 474. The highest BCUT2D eigenvalue weighted by Crippen LogP contribution is 2.16. The number of benzene rings is 1. The van der Waals surface area contributed by atoms with Gasteiger partial charge >= 0.3 is 0 Å². The van der Waals surface area contributed by atoms with Gasteiger partial charge in [-0.05, 0) is 17.7 Å². The van der Waals surface area contributed by atoms with Gasteiger partial charge in [-0.3, -0.25) is 4.72 Å². The molecule has 0 saturated heterocycles. The standard InChI is InChI=1S/C12H20N2O3S.ClH/c1-9(2)13-8-12(15)10-4-6-11(7-5-10)14-18(3,16)17;/h4-7,9,12-15H,8H2,1-3H3;1H/t12-;/m1./s1. The third-order valence-electron chi connectivity index (χ3n) is 2.32. The number of aliphatic hydroxyl groups is 1. The topological polar surface area (TPSA) is 78.4 Å².